The van der Waals surface area contributed by atoms with E-state index < -0.39 is 17.6 Å². The number of halogens is 1. The Morgan fingerprint density at radius 1 is 1.12 bits per heavy atom. The number of H-pyrrole nitrogens is 1. The first-order valence-corrected chi connectivity index (χ1v) is 7.39. The summed E-state index contributed by atoms with van der Waals surface area (Å²) in [7, 11) is 0. The van der Waals surface area contributed by atoms with Crippen molar-refractivity contribution in [3.05, 3.63) is 57.7 Å². The highest BCUT2D eigenvalue weighted by atomic mass is 35.5. The molecular formula is C15H11ClN4O5. The van der Waals surface area contributed by atoms with E-state index in [-0.39, 0.29) is 18.1 Å². The standard InChI is InChI=1S/C15H11ClN4O5/c16-8-1-3-9(4-2-8)18-14(22)13(21)17-7-10-5-6-11(24-10)12-19-15(23)25-20-12/h1-6H,7H2,(H,17,21)(H,18,22)(H,19,20,23). The van der Waals surface area contributed by atoms with Crippen LogP contribution in [0.3, 0.4) is 0 Å². The average Bonchev–Trinajstić information content (AvgIpc) is 3.23. The fraction of sp³-hybridized carbons (Fsp3) is 0.0667. The molecule has 128 valence electrons. The van der Waals surface area contributed by atoms with E-state index in [4.69, 9.17) is 16.0 Å². The van der Waals surface area contributed by atoms with Crippen LogP contribution in [0.4, 0.5) is 5.69 Å². The van der Waals surface area contributed by atoms with Crippen LogP contribution < -0.4 is 16.4 Å². The molecule has 0 unspecified atom stereocenters. The predicted octanol–water partition coefficient (Wildman–Crippen LogP) is 1.53. The number of anilines is 1. The molecule has 0 spiro atoms. The van der Waals surface area contributed by atoms with Gasteiger partial charge in [0, 0.05) is 10.7 Å². The van der Waals surface area contributed by atoms with E-state index in [0.717, 1.165) is 0 Å². The van der Waals surface area contributed by atoms with Crippen molar-refractivity contribution in [2.24, 2.45) is 0 Å². The molecule has 0 saturated heterocycles. The van der Waals surface area contributed by atoms with Crippen molar-refractivity contribution in [3.8, 4) is 11.6 Å². The van der Waals surface area contributed by atoms with Crippen LogP contribution in [0.5, 0.6) is 0 Å². The SMILES string of the molecule is O=C(NCc1ccc(-c2noc(=O)[nH]2)o1)C(=O)Nc1ccc(Cl)cc1. The van der Waals surface area contributed by atoms with E-state index in [1.807, 2.05) is 0 Å². The van der Waals surface area contributed by atoms with Gasteiger partial charge >= 0.3 is 17.6 Å². The molecule has 0 saturated carbocycles. The normalized spacial score (nSPS) is 10.4. The van der Waals surface area contributed by atoms with Crippen molar-refractivity contribution >= 4 is 29.1 Å². The Balaban J connectivity index is 1.55. The van der Waals surface area contributed by atoms with E-state index in [9.17, 15) is 14.4 Å². The molecule has 0 aliphatic rings. The van der Waals surface area contributed by atoms with Crippen LogP contribution in [0.2, 0.25) is 5.02 Å². The van der Waals surface area contributed by atoms with Gasteiger partial charge in [0.2, 0.25) is 5.82 Å². The highest BCUT2D eigenvalue weighted by molar-refractivity contribution is 6.39. The number of rotatable bonds is 4. The van der Waals surface area contributed by atoms with Gasteiger partial charge in [-0.25, -0.2) is 4.79 Å². The van der Waals surface area contributed by atoms with Crippen LogP contribution in [0.25, 0.3) is 11.6 Å². The van der Waals surface area contributed by atoms with Crippen molar-refractivity contribution < 1.29 is 18.5 Å². The summed E-state index contributed by atoms with van der Waals surface area (Å²) in [4.78, 5) is 36.8. The highest BCUT2D eigenvalue weighted by Crippen LogP contribution is 2.17. The van der Waals surface area contributed by atoms with Gasteiger partial charge in [-0.3, -0.25) is 19.1 Å². The van der Waals surface area contributed by atoms with Crippen LogP contribution in [0.1, 0.15) is 5.76 Å². The quantitative estimate of drug-likeness (QED) is 0.603. The van der Waals surface area contributed by atoms with E-state index in [1.54, 1.807) is 36.4 Å². The molecule has 9 nitrogen and oxygen atoms in total. The minimum Gasteiger partial charge on any atom is -0.456 e. The molecule has 0 aliphatic carbocycles. The number of benzene rings is 1. The highest BCUT2D eigenvalue weighted by Gasteiger charge is 2.15. The van der Waals surface area contributed by atoms with E-state index in [2.05, 4.69) is 25.3 Å². The summed E-state index contributed by atoms with van der Waals surface area (Å²) < 4.78 is 9.76. The predicted molar refractivity (Wildman–Crippen MR) is 86.8 cm³/mol. The first kappa shape index (κ1) is 16.5. The summed E-state index contributed by atoms with van der Waals surface area (Å²) in [6.45, 7) is -0.0189. The maximum absolute atomic E-state index is 11.8. The second kappa shape index (κ2) is 7.05. The molecule has 0 aliphatic heterocycles. The molecule has 0 bridgehead atoms. The Hall–Kier alpha value is -3.33. The Labute approximate surface area is 145 Å². The van der Waals surface area contributed by atoms with Gasteiger partial charge in [0.25, 0.3) is 0 Å². The van der Waals surface area contributed by atoms with Crippen LogP contribution in [0.15, 0.2) is 50.1 Å². The van der Waals surface area contributed by atoms with Gasteiger partial charge in [0.05, 0.1) is 6.54 Å². The molecule has 10 heteroatoms. The summed E-state index contributed by atoms with van der Waals surface area (Å²) >= 11 is 5.74. The van der Waals surface area contributed by atoms with Crippen LogP contribution in [-0.4, -0.2) is 22.0 Å². The molecule has 3 N–H and O–H groups in total. The Morgan fingerprint density at radius 2 is 1.88 bits per heavy atom. The Morgan fingerprint density at radius 3 is 2.56 bits per heavy atom. The van der Waals surface area contributed by atoms with Gasteiger partial charge in [0.1, 0.15) is 5.76 Å². The molecule has 0 fully saturated rings. The number of hydrogen-bond donors (Lipinski definition) is 3. The topological polar surface area (TPSA) is 130 Å². The van der Waals surface area contributed by atoms with Crippen LogP contribution in [-0.2, 0) is 16.1 Å². The zero-order valence-electron chi connectivity index (χ0n) is 12.5. The summed E-state index contributed by atoms with van der Waals surface area (Å²) in [5.41, 5.74) is 0.444. The van der Waals surface area contributed by atoms with Crippen molar-refractivity contribution in [2.75, 3.05) is 5.32 Å². The van der Waals surface area contributed by atoms with Crippen molar-refractivity contribution in [1.82, 2.24) is 15.5 Å². The number of carbonyl (C=O) groups excluding carboxylic acids is 2. The lowest BCUT2D eigenvalue weighted by Gasteiger charge is -2.05. The Kier molecular flexibility index (Phi) is 4.66. The lowest BCUT2D eigenvalue weighted by molar-refractivity contribution is -0.136. The lowest BCUT2D eigenvalue weighted by Crippen LogP contribution is -2.34. The van der Waals surface area contributed by atoms with Crippen molar-refractivity contribution in [1.29, 1.82) is 0 Å². The maximum atomic E-state index is 11.8. The van der Waals surface area contributed by atoms with Crippen molar-refractivity contribution in [3.63, 3.8) is 0 Å². The van der Waals surface area contributed by atoms with Gasteiger partial charge in [-0.05, 0) is 36.4 Å². The molecule has 2 heterocycles. The third kappa shape index (κ3) is 4.15. The minimum absolute atomic E-state index is 0.0189. The van der Waals surface area contributed by atoms with E-state index in [0.29, 0.717) is 16.5 Å². The maximum Gasteiger partial charge on any atom is 0.439 e. The van der Waals surface area contributed by atoms with Gasteiger partial charge in [0.15, 0.2) is 5.76 Å². The second-order valence-electron chi connectivity index (χ2n) is 4.85. The number of nitrogens with one attached hydrogen (secondary N) is 3. The third-order valence-corrected chi connectivity index (χ3v) is 3.32. The summed E-state index contributed by atoms with van der Waals surface area (Å²) in [5, 5.41) is 8.85. The number of carbonyl (C=O) groups is 2. The second-order valence-corrected chi connectivity index (χ2v) is 5.29. The molecule has 1 aromatic carbocycles. The van der Waals surface area contributed by atoms with Crippen LogP contribution >= 0.6 is 11.6 Å². The average molecular weight is 363 g/mol. The fourth-order valence-corrected chi connectivity index (χ4v) is 2.03. The van der Waals surface area contributed by atoms with Crippen molar-refractivity contribution in [2.45, 2.75) is 6.54 Å². The van der Waals surface area contributed by atoms with E-state index in [1.165, 1.54) is 0 Å². The minimum atomic E-state index is -0.831. The number of amides is 2. The summed E-state index contributed by atoms with van der Waals surface area (Å²) in [6, 6.07) is 9.44. The molecule has 0 radical (unpaired) electrons. The molecule has 3 aromatic rings. The van der Waals surface area contributed by atoms with E-state index >= 15 is 0 Å². The summed E-state index contributed by atoms with van der Waals surface area (Å²) in [6.07, 6.45) is 0. The zero-order chi connectivity index (χ0) is 17.8. The fourth-order valence-electron chi connectivity index (χ4n) is 1.90. The molecule has 2 amide bonds. The van der Waals surface area contributed by atoms with Gasteiger partial charge in [-0.1, -0.05) is 16.8 Å². The van der Waals surface area contributed by atoms with Gasteiger partial charge in [-0.2, -0.15) is 0 Å². The number of aromatic amines is 1. The molecule has 25 heavy (non-hydrogen) atoms. The third-order valence-electron chi connectivity index (χ3n) is 3.07. The number of nitrogens with zero attached hydrogens (tertiary/aromatic N) is 1. The molecule has 0 atom stereocenters. The van der Waals surface area contributed by atoms with Gasteiger partial charge in [-0.15, -0.1) is 0 Å². The number of aromatic nitrogens is 2. The zero-order valence-corrected chi connectivity index (χ0v) is 13.3. The monoisotopic (exact) mass is 362 g/mol. The lowest BCUT2D eigenvalue weighted by atomic mass is 10.3. The Bertz CT molecular complexity index is 957. The molecule has 2 aromatic heterocycles. The first-order valence-electron chi connectivity index (χ1n) is 7.01. The number of furan rings is 1. The van der Waals surface area contributed by atoms with Gasteiger partial charge < -0.3 is 15.1 Å². The molecular weight excluding hydrogens is 352 g/mol. The first-order chi connectivity index (χ1) is 12.0. The summed E-state index contributed by atoms with van der Waals surface area (Å²) in [5.74, 6) is -1.60. The van der Waals surface area contributed by atoms with Crippen LogP contribution in [0, 0.1) is 0 Å². The number of hydrogen-bond acceptors (Lipinski definition) is 6. The largest absolute Gasteiger partial charge is 0.456 e. The smallest absolute Gasteiger partial charge is 0.439 e. The molecule has 3 rings (SSSR count).